The fraction of sp³-hybridized carbons (Fsp3) is 0.611. The normalized spacial score (nSPS) is 17.7. The van der Waals surface area contributed by atoms with Crippen molar-refractivity contribution in [1.82, 2.24) is 4.90 Å². The second-order valence-electron chi connectivity index (χ2n) is 6.47. The zero-order valence-corrected chi connectivity index (χ0v) is 13.9. The average molecular weight is 289 g/mol. The molecule has 0 unspecified atom stereocenters. The van der Waals surface area contributed by atoms with Crippen LogP contribution in [-0.4, -0.2) is 30.0 Å². The first-order valence-corrected chi connectivity index (χ1v) is 7.91. The van der Waals surface area contributed by atoms with E-state index in [-0.39, 0.29) is 5.91 Å². The summed E-state index contributed by atoms with van der Waals surface area (Å²) in [6.45, 7) is 12.0. The maximum Gasteiger partial charge on any atom is 0.263 e. The highest BCUT2D eigenvalue weighted by Gasteiger charge is 2.26. The minimum atomic E-state index is -0.418. The van der Waals surface area contributed by atoms with Crippen LogP contribution in [0.3, 0.4) is 0 Å². The quantitative estimate of drug-likeness (QED) is 0.850. The van der Waals surface area contributed by atoms with Crippen molar-refractivity contribution in [3.8, 4) is 5.75 Å². The summed E-state index contributed by atoms with van der Waals surface area (Å²) in [4.78, 5) is 14.4. The molecule has 2 rings (SSSR count). The number of benzene rings is 1. The maximum atomic E-state index is 12.5. The Balaban J connectivity index is 2.04. The van der Waals surface area contributed by atoms with Gasteiger partial charge in [-0.3, -0.25) is 4.79 Å². The number of aryl methyl sites for hydroxylation is 2. The molecule has 0 aromatic heterocycles. The van der Waals surface area contributed by atoms with E-state index in [4.69, 9.17) is 4.74 Å². The molecular weight excluding hydrogens is 262 g/mol. The van der Waals surface area contributed by atoms with Crippen molar-refractivity contribution in [3.63, 3.8) is 0 Å². The predicted molar refractivity (Wildman–Crippen MR) is 85.7 cm³/mol. The van der Waals surface area contributed by atoms with E-state index in [0.717, 1.165) is 43.2 Å². The molecule has 0 N–H and O–H groups in total. The van der Waals surface area contributed by atoms with E-state index in [2.05, 4.69) is 26.8 Å². The number of likely N-dealkylation sites (tertiary alicyclic amines) is 1. The molecule has 1 aliphatic heterocycles. The van der Waals surface area contributed by atoms with Crippen LogP contribution in [0.2, 0.25) is 0 Å². The molecule has 1 heterocycles. The fourth-order valence-electron chi connectivity index (χ4n) is 2.85. The molecule has 1 aromatic carbocycles. The fourth-order valence-corrected chi connectivity index (χ4v) is 2.85. The van der Waals surface area contributed by atoms with Gasteiger partial charge in [0.15, 0.2) is 6.10 Å². The van der Waals surface area contributed by atoms with Gasteiger partial charge in [0.05, 0.1) is 0 Å². The van der Waals surface area contributed by atoms with E-state index in [1.165, 1.54) is 11.1 Å². The molecule has 116 valence electrons. The minimum absolute atomic E-state index is 0.112. The van der Waals surface area contributed by atoms with Crippen LogP contribution in [0.15, 0.2) is 12.1 Å². The number of carbonyl (C=O) groups is 1. The van der Waals surface area contributed by atoms with Crippen LogP contribution < -0.4 is 4.74 Å². The van der Waals surface area contributed by atoms with Crippen molar-refractivity contribution in [2.24, 2.45) is 5.92 Å². The molecule has 3 heteroatoms. The first-order valence-electron chi connectivity index (χ1n) is 7.91. The lowest BCUT2D eigenvalue weighted by Crippen LogP contribution is -2.44. The van der Waals surface area contributed by atoms with Crippen molar-refractivity contribution < 1.29 is 9.53 Å². The van der Waals surface area contributed by atoms with Crippen LogP contribution in [0, 0.1) is 26.7 Å². The number of rotatable bonds is 3. The van der Waals surface area contributed by atoms with Crippen molar-refractivity contribution in [3.05, 3.63) is 28.8 Å². The molecule has 3 nitrogen and oxygen atoms in total. The van der Waals surface area contributed by atoms with Crippen molar-refractivity contribution in [2.75, 3.05) is 13.1 Å². The van der Waals surface area contributed by atoms with Gasteiger partial charge in [0.25, 0.3) is 5.91 Å². The second-order valence-corrected chi connectivity index (χ2v) is 6.47. The summed E-state index contributed by atoms with van der Waals surface area (Å²) in [5.41, 5.74) is 3.49. The summed E-state index contributed by atoms with van der Waals surface area (Å²) in [7, 11) is 0. The maximum absolute atomic E-state index is 12.5. The SMILES string of the molecule is Cc1cc(C)c(C)c(O[C@@H](C)C(=O)N2CCC(C)CC2)c1. The standard InChI is InChI=1S/C18H27NO2/c1-12-6-8-19(9-7-12)18(20)16(5)21-17-11-13(2)10-14(3)15(17)4/h10-12,16H,6-9H2,1-5H3/t16-/m0/s1. The van der Waals surface area contributed by atoms with Gasteiger partial charge in [-0.05, 0) is 69.2 Å². The Morgan fingerprint density at radius 2 is 1.86 bits per heavy atom. The zero-order valence-electron chi connectivity index (χ0n) is 13.9. The highest BCUT2D eigenvalue weighted by atomic mass is 16.5. The Morgan fingerprint density at radius 1 is 1.24 bits per heavy atom. The first-order chi connectivity index (χ1) is 9.88. The predicted octanol–water partition coefficient (Wildman–Crippen LogP) is 3.64. The Kier molecular flexibility index (Phi) is 4.92. The highest BCUT2D eigenvalue weighted by molar-refractivity contribution is 5.81. The molecule has 0 radical (unpaired) electrons. The molecule has 0 spiro atoms. The Labute approximate surface area is 128 Å². The smallest absolute Gasteiger partial charge is 0.263 e. The molecule has 0 aliphatic carbocycles. The molecule has 1 aromatic rings. The van der Waals surface area contributed by atoms with Gasteiger partial charge in [0.2, 0.25) is 0 Å². The van der Waals surface area contributed by atoms with Crippen LogP contribution in [0.5, 0.6) is 5.75 Å². The van der Waals surface area contributed by atoms with Gasteiger partial charge in [-0.2, -0.15) is 0 Å². The van der Waals surface area contributed by atoms with Crippen LogP contribution in [0.1, 0.15) is 43.4 Å². The number of carbonyl (C=O) groups excluding carboxylic acids is 1. The summed E-state index contributed by atoms with van der Waals surface area (Å²) in [6, 6.07) is 4.16. The average Bonchev–Trinajstić information content (AvgIpc) is 2.44. The van der Waals surface area contributed by atoms with Gasteiger partial charge in [0, 0.05) is 13.1 Å². The third-order valence-corrected chi connectivity index (χ3v) is 4.51. The molecule has 1 aliphatic rings. The Bertz CT molecular complexity index is 516. The third-order valence-electron chi connectivity index (χ3n) is 4.51. The summed E-state index contributed by atoms with van der Waals surface area (Å²) in [6.07, 6.45) is 1.78. The molecule has 0 bridgehead atoms. The molecule has 1 saturated heterocycles. The van der Waals surface area contributed by atoms with Gasteiger partial charge in [0.1, 0.15) is 5.75 Å². The van der Waals surface area contributed by atoms with Crippen molar-refractivity contribution in [2.45, 2.75) is 53.6 Å². The second kappa shape index (κ2) is 6.50. The largest absolute Gasteiger partial charge is 0.481 e. The van der Waals surface area contributed by atoms with Crippen molar-refractivity contribution >= 4 is 5.91 Å². The molecule has 1 atom stereocenters. The third kappa shape index (κ3) is 3.78. The van der Waals surface area contributed by atoms with Crippen LogP contribution in [-0.2, 0) is 4.79 Å². The van der Waals surface area contributed by atoms with E-state index in [0.29, 0.717) is 0 Å². The first kappa shape index (κ1) is 15.9. The molecule has 0 saturated carbocycles. The lowest BCUT2D eigenvalue weighted by molar-refractivity contribution is -0.139. The summed E-state index contributed by atoms with van der Waals surface area (Å²) in [5.74, 6) is 1.67. The van der Waals surface area contributed by atoms with E-state index in [1.807, 2.05) is 24.8 Å². The van der Waals surface area contributed by atoms with E-state index in [9.17, 15) is 4.79 Å². The summed E-state index contributed by atoms with van der Waals surface area (Å²) >= 11 is 0. The van der Waals surface area contributed by atoms with Gasteiger partial charge >= 0.3 is 0 Å². The molecule has 21 heavy (non-hydrogen) atoms. The lowest BCUT2D eigenvalue weighted by atomic mass is 9.99. The van der Waals surface area contributed by atoms with Crippen molar-refractivity contribution in [1.29, 1.82) is 0 Å². The van der Waals surface area contributed by atoms with E-state index in [1.54, 1.807) is 0 Å². The minimum Gasteiger partial charge on any atom is -0.481 e. The zero-order chi connectivity index (χ0) is 15.6. The van der Waals surface area contributed by atoms with E-state index < -0.39 is 6.10 Å². The van der Waals surface area contributed by atoms with Crippen LogP contribution >= 0.6 is 0 Å². The molecule has 1 fully saturated rings. The van der Waals surface area contributed by atoms with Gasteiger partial charge in [-0.1, -0.05) is 13.0 Å². The monoisotopic (exact) mass is 289 g/mol. The van der Waals surface area contributed by atoms with Gasteiger partial charge < -0.3 is 9.64 Å². The van der Waals surface area contributed by atoms with E-state index >= 15 is 0 Å². The number of hydrogen-bond donors (Lipinski definition) is 0. The number of piperidine rings is 1. The summed E-state index contributed by atoms with van der Waals surface area (Å²) < 4.78 is 5.96. The highest BCUT2D eigenvalue weighted by Crippen LogP contribution is 2.25. The van der Waals surface area contributed by atoms with Crippen LogP contribution in [0.25, 0.3) is 0 Å². The molecule has 1 amide bonds. The number of hydrogen-bond acceptors (Lipinski definition) is 2. The summed E-state index contributed by atoms with van der Waals surface area (Å²) in [5, 5.41) is 0. The van der Waals surface area contributed by atoms with Crippen LogP contribution in [0.4, 0.5) is 0 Å². The number of ether oxygens (including phenoxy) is 1. The Hall–Kier alpha value is -1.51. The number of nitrogens with zero attached hydrogens (tertiary/aromatic N) is 1. The molecular formula is C18H27NO2. The number of amides is 1. The Morgan fingerprint density at radius 3 is 2.48 bits per heavy atom. The topological polar surface area (TPSA) is 29.5 Å². The van der Waals surface area contributed by atoms with Gasteiger partial charge in [-0.15, -0.1) is 0 Å². The van der Waals surface area contributed by atoms with Gasteiger partial charge in [-0.25, -0.2) is 0 Å². The lowest BCUT2D eigenvalue weighted by Gasteiger charge is -2.32.